The number of carbonyl (C=O) groups is 1. The fourth-order valence-electron chi connectivity index (χ4n) is 2.26. The smallest absolute Gasteiger partial charge is 0.217 e. The average molecular weight is 263 g/mol. The largest absolute Gasteiger partial charge is 0.497 e. The van der Waals surface area contributed by atoms with E-state index in [0.29, 0.717) is 17.0 Å². The first kappa shape index (κ1) is 13.4. The molecule has 0 saturated heterocycles. The predicted octanol–water partition coefficient (Wildman–Crippen LogP) is 0.410. The van der Waals surface area contributed by atoms with Crippen LogP contribution in [0.15, 0.2) is 23.2 Å². The molecule has 2 atom stereocenters. The molecule has 1 aliphatic heterocycles. The lowest BCUT2D eigenvalue weighted by Gasteiger charge is -2.31. The molecule has 0 aromatic heterocycles. The van der Waals surface area contributed by atoms with E-state index in [0.717, 1.165) is 0 Å². The van der Waals surface area contributed by atoms with Gasteiger partial charge in [0.05, 0.1) is 18.8 Å². The number of ether oxygens (including phenoxy) is 1. The second kappa shape index (κ2) is 4.55. The van der Waals surface area contributed by atoms with Gasteiger partial charge in [-0.3, -0.25) is 4.79 Å². The highest BCUT2D eigenvalue weighted by atomic mass is 16.5. The van der Waals surface area contributed by atoms with Crippen LogP contribution in [-0.4, -0.2) is 30.0 Å². The Morgan fingerprint density at radius 3 is 2.84 bits per heavy atom. The molecule has 102 valence electrons. The number of methoxy groups -OCH3 is 1. The molecule has 0 aliphatic carbocycles. The van der Waals surface area contributed by atoms with Gasteiger partial charge in [0, 0.05) is 12.5 Å². The SMILES string of the molecule is COc1ccc2c(c1)C(O)(C(C)NC(C)=O)C(N)=N2. The van der Waals surface area contributed by atoms with E-state index in [4.69, 9.17) is 10.5 Å². The number of fused-ring (bicyclic) bond motifs is 1. The maximum atomic E-state index is 11.2. The number of aliphatic hydroxyl groups is 1. The number of hydrogen-bond donors (Lipinski definition) is 3. The van der Waals surface area contributed by atoms with Crippen molar-refractivity contribution in [2.75, 3.05) is 7.11 Å². The van der Waals surface area contributed by atoms with E-state index in [1.165, 1.54) is 14.0 Å². The number of nitrogens with one attached hydrogen (secondary N) is 1. The van der Waals surface area contributed by atoms with Gasteiger partial charge >= 0.3 is 0 Å². The number of rotatable bonds is 3. The first-order valence-corrected chi connectivity index (χ1v) is 5.92. The van der Waals surface area contributed by atoms with Gasteiger partial charge in [-0.25, -0.2) is 4.99 Å². The highest BCUT2D eigenvalue weighted by molar-refractivity contribution is 5.98. The molecule has 0 fully saturated rings. The lowest BCUT2D eigenvalue weighted by molar-refractivity contribution is -0.120. The van der Waals surface area contributed by atoms with Crippen LogP contribution in [0.4, 0.5) is 5.69 Å². The Morgan fingerprint density at radius 1 is 1.58 bits per heavy atom. The van der Waals surface area contributed by atoms with Crippen molar-refractivity contribution in [1.82, 2.24) is 5.32 Å². The van der Waals surface area contributed by atoms with Crippen molar-refractivity contribution in [2.45, 2.75) is 25.5 Å². The third-order valence-corrected chi connectivity index (χ3v) is 3.29. The van der Waals surface area contributed by atoms with E-state index in [-0.39, 0.29) is 11.7 Å². The molecule has 4 N–H and O–H groups in total. The first-order chi connectivity index (χ1) is 8.89. The van der Waals surface area contributed by atoms with Crippen LogP contribution < -0.4 is 15.8 Å². The maximum Gasteiger partial charge on any atom is 0.217 e. The molecule has 1 heterocycles. The van der Waals surface area contributed by atoms with Gasteiger partial charge in [0.1, 0.15) is 11.6 Å². The Kier molecular flexibility index (Phi) is 3.20. The predicted molar refractivity (Wildman–Crippen MR) is 71.5 cm³/mol. The van der Waals surface area contributed by atoms with E-state index in [9.17, 15) is 9.90 Å². The van der Waals surface area contributed by atoms with Crippen molar-refractivity contribution in [1.29, 1.82) is 0 Å². The van der Waals surface area contributed by atoms with Gasteiger partial charge in [-0.15, -0.1) is 0 Å². The fraction of sp³-hybridized carbons (Fsp3) is 0.385. The molecule has 2 rings (SSSR count). The summed E-state index contributed by atoms with van der Waals surface area (Å²) < 4.78 is 5.14. The zero-order valence-electron chi connectivity index (χ0n) is 11.1. The summed E-state index contributed by atoms with van der Waals surface area (Å²) in [4.78, 5) is 15.3. The van der Waals surface area contributed by atoms with Gasteiger partial charge in [-0.2, -0.15) is 0 Å². The highest BCUT2D eigenvalue weighted by Gasteiger charge is 2.46. The van der Waals surface area contributed by atoms with E-state index in [1.54, 1.807) is 25.1 Å². The van der Waals surface area contributed by atoms with Crippen LogP contribution >= 0.6 is 0 Å². The summed E-state index contributed by atoms with van der Waals surface area (Å²) >= 11 is 0. The Bertz CT molecular complexity index is 556. The second-order valence-corrected chi connectivity index (χ2v) is 4.57. The standard InChI is InChI=1S/C13H17N3O3/c1-7(15-8(2)17)13(18)10-6-9(19-3)4-5-11(10)16-12(13)14/h4-7,18H,1-3H3,(H2,14,16)(H,15,17). The Balaban J connectivity index is 2.48. The Morgan fingerprint density at radius 2 is 2.26 bits per heavy atom. The summed E-state index contributed by atoms with van der Waals surface area (Å²) in [6.45, 7) is 3.06. The molecule has 0 radical (unpaired) electrons. The van der Waals surface area contributed by atoms with Crippen molar-refractivity contribution in [3.8, 4) is 5.75 Å². The van der Waals surface area contributed by atoms with E-state index < -0.39 is 11.6 Å². The van der Waals surface area contributed by atoms with Gasteiger partial charge in [-0.1, -0.05) is 0 Å². The van der Waals surface area contributed by atoms with Gasteiger partial charge in [0.15, 0.2) is 5.60 Å². The lowest BCUT2D eigenvalue weighted by atomic mass is 9.87. The van der Waals surface area contributed by atoms with E-state index >= 15 is 0 Å². The van der Waals surface area contributed by atoms with Crippen LogP contribution in [0.1, 0.15) is 19.4 Å². The quantitative estimate of drug-likeness (QED) is 0.735. The number of nitrogens with zero attached hydrogens (tertiary/aromatic N) is 1. The van der Waals surface area contributed by atoms with Crippen molar-refractivity contribution < 1.29 is 14.6 Å². The zero-order valence-corrected chi connectivity index (χ0v) is 11.1. The molecule has 1 aromatic carbocycles. The topological polar surface area (TPSA) is 96.9 Å². The summed E-state index contributed by atoms with van der Waals surface area (Å²) in [5.74, 6) is 0.416. The molecule has 19 heavy (non-hydrogen) atoms. The fourth-order valence-corrected chi connectivity index (χ4v) is 2.26. The molecular weight excluding hydrogens is 246 g/mol. The van der Waals surface area contributed by atoms with E-state index in [2.05, 4.69) is 10.3 Å². The molecular formula is C13H17N3O3. The third-order valence-electron chi connectivity index (χ3n) is 3.29. The van der Waals surface area contributed by atoms with Crippen molar-refractivity contribution in [3.05, 3.63) is 23.8 Å². The van der Waals surface area contributed by atoms with Crippen molar-refractivity contribution in [3.63, 3.8) is 0 Å². The third kappa shape index (κ3) is 2.04. The second-order valence-electron chi connectivity index (χ2n) is 4.57. The number of hydrogen-bond acceptors (Lipinski definition) is 5. The monoisotopic (exact) mass is 263 g/mol. The number of benzene rings is 1. The minimum atomic E-state index is -1.52. The summed E-state index contributed by atoms with van der Waals surface area (Å²) in [5.41, 5.74) is 5.44. The Labute approximate surface area is 111 Å². The normalized spacial score (nSPS) is 22.4. The molecule has 0 bridgehead atoms. The molecule has 1 amide bonds. The minimum Gasteiger partial charge on any atom is -0.497 e. The summed E-state index contributed by atoms with van der Waals surface area (Å²) in [6.07, 6.45) is 0. The van der Waals surface area contributed by atoms with Crippen LogP contribution in [0.2, 0.25) is 0 Å². The molecule has 0 saturated carbocycles. The Hall–Kier alpha value is -2.08. The van der Waals surface area contributed by atoms with Crippen molar-refractivity contribution >= 4 is 17.4 Å². The molecule has 1 aliphatic rings. The number of amidine groups is 1. The van der Waals surface area contributed by atoms with Crippen LogP contribution in [0.5, 0.6) is 5.75 Å². The molecule has 2 unspecified atom stereocenters. The van der Waals surface area contributed by atoms with E-state index in [1.807, 2.05) is 0 Å². The van der Waals surface area contributed by atoms with Gasteiger partial charge in [0.2, 0.25) is 5.91 Å². The highest BCUT2D eigenvalue weighted by Crippen LogP contribution is 2.41. The van der Waals surface area contributed by atoms with Gasteiger partial charge in [0.25, 0.3) is 0 Å². The van der Waals surface area contributed by atoms with Crippen LogP contribution in [0.3, 0.4) is 0 Å². The van der Waals surface area contributed by atoms with Crippen LogP contribution in [0.25, 0.3) is 0 Å². The van der Waals surface area contributed by atoms with Gasteiger partial charge in [-0.05, 0) is 25.1 Å². The number of aliphatic imine (C=N–C) groups is 1. The average Bonchev–Trinajstić information content (AvgIpc) is 2.61. The van der Waals surface area contributed by atoms with Crippen LogP contribution in [0, 0.1) is 0 Å². The maximum absolute atomic E-state index is 11.2. The van der Waals surface area contributed by atoms with Crippen LogP contribution in [-0.2, 0) is 10.4 Å². The summed E-state index contributed by atoms with van der Waals surface area (Å²) in [5, 5.41) is 13.5. The van der Waals surface area contributed by atoms with Crippen molar-refractivity contribution in [2.24, 2.45) is 10.7 Å². The molecule has 6 heteroatoms. The zero-order chi connectivity index (χ0) is 14.2. The summed E-state index contributed by atoms with van der Waals surface area (Å²) in [6, 6.07) is 4.54. The molecule has 0 spiro atoms. The first-order valence-electron chi connectivity index (χ1n) is 5.92. The molecule has 6 nitrogen and oxygen atoms in total. The number of amides is 1. The number of nitrogens with two attached hydrogens (primary N) is 1. The lowest BCUT2D eigenvalue weighted by Crippen LogP contribution is -2.54. The number of carbonyl (C=O) groups excluding carboxylic acids is 1. The minimum absolute atomic E-state index is 0.0667. The van der Waals surface area contributed by atoms with Gasteiger partial charge < -0.3 is 20.9 Å². The molecule has 1 aromatic rings. The summed E-state index contributed by atoms with van der Waals surface area (Å²) in [7, 11) is 1.54.